The average Bonchev–Trinajstić information content (AvgIpc) is 2.60. The summed E-state index contributed by atoms with van der Waals surface area (Å²) in [6.07, 6.45) is 5.45. The molecule has 0 atom stereocenters. The third-order valence-corrected chi connectivity index (χ3v) is 4.62. The molecule has 0 unspecified atom stereocenters. The number of hydrogen-bond acceptors (Lipinski definition) is 2. The second-order valence-electron chi connectivity index (χ2n) is 4.99. The van der Waals surface area contributed by atoms with Gasteiger partial charge in [0.2, 0.25) is 0 Å². The summed E-state index contributed by atoms with van der Waals surface area (Å²) in [6, 6.07) is 4.22. The van der Waals surface area contributed by atoms with Crippen LogP contribution in [0.15, 0.2) is 16.6 Å². The second kappa shape index (κ2) is 4.41. The van der Waals surface area contributed by atoms with E-state index in [2.05, 4.69) is 45.3 Å². The topological polar surface area (TPSA) is 30.7 Å². The maximum absolute atomic E-state index is 4.25. The first-order valence-electron chi connectivity index (χ1n) is 6.23. The van der Waals surface area contributed by atoms with E-state index in [1.807, 2.05) is 4.68 Å². The fraction of sp³-hybridized carbons (Fsp3) is 0.538. The summed E-state index contributed by atoms with van der Waals surface area (Å²) >= 11 is 3.57. The van der Waals surface area contributed by atoms with Crippen LogP contribution in [0.3, 0.4) is 0 Å². The molecule has 0 amide bonds. The molecule has 0 aliphatic heterocycles. The first-order chi connectivity index (χ1) is 8.24. The minimum atomic E-state index is 0.920. The molecule has 2 aromatic rings. The van der Waals surface area contributed by atoms with Gasteiger partial charge in [0.15, 0.2) is 0 Å². The number of benzene rings is 1. The molecular weight excluding hydrogens is 278 g/mol. The first-order valence-corrected chi connectivity index (χ1v) is 7.02. The van der Waals surface area contributed by atoms with Gasteiger partial charge >= 0.3 is 0 Å². The summed E-state index contributed by atoms with van der Waals surface area (Å²) in [6.45, 7) is 3.08. The van der Waals surface area contributed by atoms with Gasteiger partial charge in [-0.25, -0.2) is 4.68 Å². The molecule has 0 spiro atoms. The molecule has 1 heterocycles. The Morgan fingerprint density at radius 3 is 2.94 bits per heavy atom. The van der Waals surface area contributed by atoms with E-state index in [1.54, 1.807) is 0 Å². The monoisotopic (exact) mass is 293 g/mol. The zero-order valence-corrected chi connectivity index (χ0v) is 11.6. The van der Waals surface area contributed by atoms with E-state index in [9.17, 15) is 0 Å². The largest absolute Gasteiger partial charge is 0.245 e. The number of aromatic nitrogens is 3. The Morgan fingerprint density at radius 1 is 1.41 bits per heavy atom. The molecule has 3 rings (SSSR count). The molecule has 0 radical (unpaired) electrons. The summed E-state index contributed by atoms with van der Waals surface area (Å²) in [4.78, 5) is 0. The van der Waals surface area contributed by atoms with Crippen molar-refractivity contribution in [2.45, 2.75) is 39.2 Å². The lowest BCUT2D eigenvalue weighted by Gasteiger charge is -2.24. The van der Waals surface area contributed by atoms with Crippen molar-refractivity contribution in [3.63, 3.8) is 0 Å². The highest BCUT2D eigenvalue weighted by atomic mass is 79.9. The Bertz CT molecular complexity index is 543. The van der Waals surface area contributed by atoms with Crippen LogP contribution in [-0.2, 0) is 6.54 Å². The highest BCUT2D eigenvalue weighted by molar-refractivity contribution is 9.10. The van der Waals surface area contributed by atoms with Gasteiger partial charge in [0.1, 0.15) is 5.52 Å². The Labute approximate surface area is 109 Å². The maximum Gasteiger partial charge on any atom is 0.113 e. The molecule has 0 saturated heterocycles. The van der Waals surface area contributed by atoms with Crippen molar-refractivity contribution < 1.29 is 0 Å². The zero-order chi connectivity index (χ0) is 11.8. The van der Waals surface area contributed by atoms with E-state index >= 15 is 0 Å². The molecule has 17 heavy (non-hydrogen) atoms. The number of aryl methyl sites for hydroxylation is 2. The molecule has 4 heteroatoms. The normalized spacial score (nSPS) is 16.4. The second-order valence-corrected chi connectivity index (χ2v) is 5.84. The van der Waals surface area contributed by atoms with E-state index in [-0.39, 0.29) is 0 Å². The van der Waals surface area contributed by atoms with Crippen molar-refractivity contribution >= 4 is 27.0 Å². The Morgan fingerprint density at radius 2 is 2.24 bits per heavy atom. The molecule has 1 aromatic heterocycles. The van der Waals surface area contributed by atoms with Crippen molar-refractivity contribution in [2.24, 2.45) is 5.92 Å². The fourth-order valence-electron chi connectivity index (χ4n) is 2.34. The van der Waals surface area contributed by atoms with E-state index in [1.165, 1.54) is 31.2 Å². The highest BCUT2D eigenvalue weighted by Crippen LogP contribution is 2.30. The maximum atomic E-state index is 4.25. The van der Waals surface area contributed by atoms with Crippen LogP contribution in [0.4, 0.5) is 0 Å². The van der Waals surface area contributed by atoms with E-state index in [0.29, 0.717) is 0 Å². The predicted octanol–water partition coefficient (Wildman–Crippen LogP) is 3.69. The number of hydrogen-bond donors (Lipinski definition) is 0. The highest BCUT2D eigenvalue weighted by Gasteiger charge is 2.17. The van der Waals surface area contributed by atoms with Gasteiger partial charge in [-0.2, -0.15) is 0 Å². The van der Waals surface area contributed by atoms with Crippen LogP contribution >= 0.6 is 15.9 Å². The number of halogens is 1. The van der Waals surface area contributed by atoms with Gasteiger partial charge in [-0.1, -0.05) is 40.4 Å². The van der Waals surface area contributed by atoms with Gasteiger partial charge in [0, 0.05) is 11.0 Å². The standard InChI is InChI=1S/C13H16BrN3/c1-9-7-12-13(8-11(9)14)17(16-15-12)6-5-10-3-2-4-10/h7-8,10H,2-6H2,1H3. The molecule has 90 valence electrons. The zero-order valence-electron chi connectivity index (χ0n) is 9.99. The van der Waals surface area contributed by atoms with E-state index in [0.717, 1.165) is 28.0 Å². The molecule has 1 aliphatic rings. The van der Waals surface area contributed by atoms with E-state index in [4.69, 9.17) is 0 Å². The number of nitrogens with zero attached hydrogens (tertiary/aromatic N) is 3. The first kappa shape index (κ1) is 11.2. The number of rotatable bonds is 3. The lowest BCUT2D eigenvalue weighted by atomic mass is 9.83. The van der Waals surface area contributed by atoms with Crippen molar-refractivity contribution in [2.75, 3.05) is 0 Å². The summed E-state index contributed by atoms with van der Waals surface area (Å²) in [5.74, 6) is 0.920. The molecule has 1 aliphatic carbocycles. The number of fused-ring (bicyclic) bond motifs is 1. The Balaban J connectivity index is 1.85. The van der Waals surface area contributed by atoms with Crippen molar-refractivity contribution in [1.29, 1.82) is 0 Å². The lowest BCUT2D eigenvalue weighted by Crippen LogP contribution is -2.14. The van der Waals surface area contributed by atoms with Gasteiger partial charge in [-0.05, 0) is 37.0 Å². The molecule has 0 bridgehead atoms. The average molecular weight is 294 g/mol. The fourth-order valence-corrected chi connectivity index (χ4v) is 2.68. The summed E-state index contributed by atoms with van der Waals surface area (Å²) in [5.41, 5.74) is 3.35. The minimum Gasteiger partial charge on any atom is -0.245 e. The Kier molecular flexibility index (Phi) is 2.90. The van der Waals surface area contributed by atoms with Crippen LogP contribution in [-0.4, -0.2) is 15.0 Å². The molecule has 3 nitrogen and oxygen atoms in total. The third kappa shape index (κ3) is 2.10. The summed E-state index contributed by atoms with van der Waals surface area (Å²) in [5, 5.41) is 8.49. The van der Waals surface area contributed by atoms with Crippen LogP contribution in [0.25, 0.3) is 11.0 Å². The van der Waals surface area contributed by atoms with Crippen molar-refractivity contribution in [1.82, 2.24) is 15.0 Å². The van der Waals surface area contributed by atoms with E-state index < -0.39 is 0 Å². The predicted molar refractivity (Wildman–Crippen MR) is 71.9 cm³/mol. The van der Waals surface area contributed by atoms with Crippen LogP contribution in [0, 0.1) is 12.8 Å². The van der Waals surface area contributed by atoms with Gasteiger partial charge in [0.05, 0.1) is 5.52 Å². The van der Waals surface area contributed by atoms with Crippen molar-refractivity contribution in [3.8, 4) is 0 Å². The summed E-state index contributed by atoms with van der Waals surface area (Å²) in [7, 11) is 0. The van der Waals surface area contributed by atoms with Crippen LogP contribution in [0.1, 0.15) is 31.2 Å². The summed E-state index contributed by atoms with van der Waals surface area (Å²) < 4.78 is 3.18. The Hall–Kier alpha value is -0.900. The van der Waals surface area contributed by atoms with Gasteiger partial charge in [-0.3, -0.25) is 0 Å². The molecule has 1 fully saturated rings. The van der Waals surface area contributed by atoms with Crippen LogP contribution in [0.2, 0.25) is 0 Å². The van der Waals surface area contributed by atoms with Crippen molar-refractivity contribution in [3.05, 3.63) is 22.2 Å². The van der Waals surface area contributed by atoms with Crippen LogP contribution < -0.4 is 0 Å². The van der Waals surface area contributed by atoms with Gasteiger partial charge in [0.25, 0.3) is 0 Å². The smallest absolute Gasteiger partial charge is 0.113 e. The molecule has 0 N–H and O–H groups in total. The molecule has 1 saturated carbocycles. The SMILES string of the molecule is Cc1cc2nnn(CCC3CCC3)c2cc1Br. The van der Waals surface area contributed by atoms with Gasteiger partial charge < -0.3 is 0 Å². The van der Waals surface area contributed by atoms with Crippen LogP contribution in [0.5, 0.6) is 0 Å². The van der Waals surface area contributed by atoms with Gasteiger partial charge in [-0.15, -0.1) is 5.10 Å². The molecule has 1 aromatic carbocycles. The molecular formula is C13H16BrN3. The lowest BCUT2D eigenvalue weighted by molar-refractivity contribution is 0.278. The quantitative estimate of drug-likeness (QED) is 0.864. The minimum absolute atomic E-state index is 0.920. The third-order valence-electron chi connectivity index (χ3n) is 3.77.